The Labute approximate surface area is 194 Å². The van der Waals surface area contributed by atoms with Crippen LogP contribution in [0.1, 0.15) is 28.9 Å². The van der Waals surface area contributed by atoms with Gasteiger partial charge in [-0.3, -0.25) is 4.79 Å². The van der Waals surface area contributed by atoms with Crippen LogP contribution in [0, 0.1) is 0 Å². The monoisotopic (exact) mass is 468 g/mol. The van der Waals surface area contributed by atoms with Crippen molar-refractivity contribution in [3.05, 3.63) is 72.3 Å². The molecule has 1 aliphatic heterocycles. The lowest BCUT2D eigenvalue weighted by Gasteiger charge is -2.31. The van der Waals surface area contributed by atoms with Crippen LogP contribution in [-0.2, 0) is 10.0 Å². The number of hydrogen-bond donors (Lipinski definition) is 0. The van der Waals surface area contributed by atoms with Gasteiger partial charge >= 0.3 is 0 Å². The molecule has 1 atom stereocenters. The zero-order chi connectivity index (χ0) is 23.6. The topological polar surface area (TPSA) is 91.6 Å². The number of piperazine rings is 1. The predicted molar refractivity (Wildman–Crippen MR) is 125 cm³/mol. The molecule has 1 aromatic heterocycles. The summed E-state index contributed by atoms with van der Waals surface area (Å²) in [5.41, 5.74) is 2.17. The minimum Gasteiger partial charge on any atom is -0.335 e. The molecule has 0 spiro atoms. The van der Waals surface area contributed by atoms with Crippen LogP contribution in [0.3, 0.4) is 0 Å². The molecule has 1 aliphatic rings. The lowest BCUT2D eigenvalue weighted by atomic mass is 10.1. The van der Waals surface area contributed by atoms with Gasteiger partial charge < -0.3 is 9.80 Å². The summed E-state index contributed by atoms with van der Waals surface area (Å²) in [7, 11) is 0.0535. The van der Waals surface area contributed by atoms with Crippen LogP contribution in [0.25, 0.3) is 5.69 Å². The van der Waals surface area contributed by atoms with Gasteiger partial charge in [0.1, 0.15) is 12.7 Å². The lowest BCUT2D eigenvalue weighted by Crippen LogP contribution is -2.47. The smallest absolute Gasteiger partial charge is 0.254 e. The van der Waals surface area contributed by atoms with Crippen molar-refractivity contribution in [3.8, 4) is 5.69 Å². The Bertz CT molecular complexity index is 1200. The van der Waals surface area contributed by atoms with Gasteiger partial charge in [0.25, 0.3) is 5.91 Å². The van der Waals surface area contributed by atoms with Crippen molar-refractivity contribution < 1.29 is 13.2 Å². The second kappa shape index (κ2) is 9.42. The average Bonchev–Trinajstić information content (AvgIpc) is 3.38. The maximum atomic E-state index is 13.2. The predicted octanol–water partition coefficient (Wildman–Crippen LogP) is 2.04. The van der Waals surface area contributed by atoms with Crippen molar-refractivity contribution in [1.29, 1.82) is 0 Å². The van der Waals surface area contributed by atoms with Gasteiger partial charge in [-0.05, 0) is 49.9 Å². The zero-order valence-electron chi connectivity index (χ0n) is 19.0. The summed E-state index contributed by atoms with van der Waals surface area (Å²) in [6.45, 7) is 4.20. The molecule has 1 saturated heterocycles. The van der Waals surface area contributed by atoms with Gasteiger partial charge in [-0.1, -0.05) is 18.2 Å². The maximum absolute atomic E-state index is 13.2. The number of carbonyl (C=O) groups excluding carboxylic acids is 1. The standard InChI is InChI=1S/C23H28N6O3S/c1-18(19-7-9-21(10-8-19)29-17-24-16-25-29)27(3)23(30)20-5-4-6-22(15-20)33(31,32)28-13-11-26(2)12-14-28/h4-10,15-18H,11-14H2,1-3H3. The van der Waals surface area contributed by atoms with Crippen LogP contribution < -0.4 is 0 Å². The molecular formula is C23H28N6O3S. The van der Waals surface area contributed by atoms with E-state index >= 15 is 0 Å². The molecule has 174 valence electrons. The van der Waals surface area contributed by atoms with Crippen molar-refractivity contribution in [3.63, 3.8) is 0 Å². The summed E-state index contributed by atoms with van der Waals surface area (Å²) in [6.07, 6.45) is 3.10. The molecular weight excluding hydrogens is 440 g/mol. The summed E-state index contributed by atoms with van der Waals surface area (Å²) in [6, 6.07) is 13.8. The van der Waals surface area contributed by atoms with Gasteiger partial charge in [0.05, 0.1) is 16.6 Å². The Kier molecular flexibility index (Phi) is 6.59. The summed E-state index contributed by atoms with van der Waals surface area (Å²) in [5, 5.41) is 4.12. The van der Waals surface area contributed by atoms with E-state index in [1.54, 1.807) is 41.2 Å². The first-order valence-electron chi connectivity index (χ1n) is 10.8. The SMILES string of the molecule is CC(c1ccc(-n2cncn2)cc1)N(C)C(=O)c1cccc(S(=O)(=O)N2CCN(C)CC2)c1. The summed E-state index contributed by atoms with van der Waals surface area (Å²) >= 11 is 0. The van der Waals surface area contributed by atoms with Crippen LogP contribution >= 0.6 is 0 Å². The van der Waals surface area contributed by atoms with Crippen LogP contribution in [0.4, 0.5) is 0 Å². The van der Waals surface area contributed by atoms with E-state index in [4.69, 9.17) is 0 Å². The summed E-state index contributed by atoms with van der Waals surface area (Å²) in [4.78, 5) is 21.0. The maximum Gasteiger partial charge on any atom is 0.254 e. The molecule has 0 radical (unpaired) electrons. The molecule has 2 aromatic carbocycles. The lowest BCUT2D eigenvalue weighted by molar-refractivity contribution is 0.0742. The van der Waals surface area contributed by atoms with Gasteiger partial charge in [-0.25, -0.2) is 18.1 Å². The van der Waals surface area contributed by atoms with Crippen LogP contribution in [-0.4, -0.2) is 83.5 Å². The number of benzene rings is 2. The fourth-order valence-corrected chi connectivity index (χ4v) is 5.29. The van der Waals surface area contributed by atoms with Crippen molar-refractivity contribution >= 4 is 15.9 Å². The third-order valence-electron chi connectivity index (χ3n) is 6.14. The molecule has 0 N–H and O–H groups in total. The van der Waals surface area contributed by atoms with E-state index in [2.05, 4.69) is 15.0 Å². The first-order chi connectivity index (χ1) is 15.8. The third kappa shape index (κ3) is 4.82. The second-order valence-corrected chi connectivity index (χ2v) is 10.2. The Balaban J connectivity index is 1.50. The van der Waals surface area contributed by atoms with Gasteiger partial charge in [-0.15, -0.1) is 0 Å². The van der Waals surface area contributed by atoms with E-state index in [1.807, 2.05) is 38.2 Å². The van der Waals surface area contributed by atoms with Gasteiger partial charge in [0.15, 0.2) is 0 Å². The van der Waals surface area contributed by atoms with E-state index in [1.165, 1.54) is 16.7 Å². The Morgan fingerprint density at radius 3 is 2.39 bits per heavy atom. The molecule has 10 heteroatoms. The Morgan fingerprint density at radius 1 is 1.06 bits per heavy atom. The minimum absolute atomic E-state index is 0.149. The van der Waals surface area contributed by atoms with Crippen molar-refractivity contribution in [2.45, 2.75) is 17.9 Å². The fourth-order valence-electron chi connectivity index (χ4n) is 3.82. The molecule has 1 amide bonds. The number of rotatable bonds is 6. The molecule has 1 unspecified atom stereocenters. The molecule has 1 fully saturated rings. The van der Waals surface area contributed by atoms with E-state index in [0.29, 0.717) is 31.7 Å². The molecule has 3 aromatic rings. The normalized spacial score (nSPS) is 16.5. The summed E-state index contributed by atoms with van der Waals surface area (Å²) in [5.74, 6) is -0.238. The number of amides is 1. The largest absolute Gasteiger partial charge is 0.335 e. The Hall–Kier alpha value is -3.08. The Morgan fingerprint density at radius 2 is 1.76 bits per heavy atom. The number of nitrogens with zero attached hydrogens (tertiary/aromatic N) is 6. The first kappa shape index (κ1) is 23.1. The highest BCUT2D eigenvalue weighted by atomic mass is 32.2. The second-order valence-electron chi connectivity index (χ2n) is 8.26. The van der Waals surface area contributed by atoms with Gasteiger partial charge in [-0.2, -0.15) is 9.40 Å². The number of hydrogen-bond acceptors (Lipinski definition) is 6. The van der Waals surface area contributed by atoms with Crippen LogP contribution in [0.15, 0.2) is 66.1 Å². The van der Waals surface area contributed by atoms with Gasteiger partial charge in [0.2, 0.25) is 10.0 Å². The highest BCUT2D eigenvalue weighted by Crippen LogP contribution is 2.24. The molecule has 0 bridgehead atoms. The molecule has 2 heterocycles. The summed E-state index contributed by atoms with van der Waals surface area (Å²) < 4.78 is 29.3. The van der Waals surface area contributed by atoms with Crippen molar-refractivity contribution in [2.24, 2.45) is 0 Å². The molecule has 4 rings (SSSR count). The van der Waals surface area contributed by atoms with Crippen molar-refractivity contribution in [2.75, 3.05) is 40.3 Å². The van der Waals surface area contributed by atoms with E-state index in [-0.39, 0.29) is 16.8 Å². The zero-order valence-corrected chi connectivity index (χ0v) is 19.8. The number of likely N-dealkylation sites (N-methyl/N-ethyl adjacent to an activating group) is 1. The number of sulfonamides is 1. The highest BCUT2D eigenvalue weighted by molar-refractivity contribution is 7.89. The first-order valence-corrected chi connectivity index (χ1v) is 12.2. The quantitative estimate of drug-likeness (QED) is 0.550. The fraction of sp³-hybridized carbons (Fsp3) is 0.348. The third-order valence-corrected chi connectivity index (χ3v) is 8.04. The van der Waals surface area contributed by atoms with Crippen molar-refractivity contribution in [1.82, 2.24) is 28.9 Å². The van der Waals surface area contributed by atoms with E-state index < -0.39 is 10.0 Å². The van der Waals surface area contributed by atoms with Crippen LogP contribution in [0.2, 0.25) is 0 Å². The average molecular weight is 469 g/mol. The number of aromatic nitrogens is 3. The minimum atomic E-state index is -3.64. The van der Waals surface area contributed by atoms with Crippen LogP contribution in [0.5, 0.6) is 0 Å². The molecule has 9 nitrogen and oxygen atoms in total. The van der Waals surface area contributed by atoms with E-state index in [9.17, 15) is 13.2 Å². The molecule has 0 saturated carbocycles. The van der Waals surface area contributed by atoms with E-state index in [0.717, 1.165) is 11.3 Å². The molecule has 0 aliphatic carbocycles. The highest BCUT2D eigenvalue weighted by Gasteiger charge is 2.28. The number of carbonyl (C=O) groups is 1. The molecule has 33 heavy (non-hydrogen) atoms. The van der Waals surface area contributed by atoms with Gasteiger partial charge in [0, 0.05) is 38.8 Å².